The number of nitriles is 1. The molecule has 0 bridgehead atoms. The maximum atomic E-state index is 13.5. The number of nitrogens with zero attached hydrogens (tertiary/aromatic N) is 2. The molecule has 0 atom stereocenters. The lowest BCUT2D eigenvalue weighted by Crippen LogP contribution is -2.25. The SMILES string of the molecule is CN(c1cc2oc(-c3ccc(F)cc3)c(C(=O)OC(N)=O)c2cc1OCc1cccc(C#N)c1)S(C)(=O)=O. The van der Waals surface area contributed by atoms with Crippen molar-refractivity contribution in [1.82, 2.24) is 0 Å². The molecule has 0 fully saturated rings. The van der Waals surface area contributed by atoms with Gasteiger partial charge < -0.3 is 19.6 Å². The van der Waals surface area contributed by atoms with E-state index >= 15 is 0 Å². The lowest BCUT2D eigenvalue weighted by molar-refractivity contribution is 0.0640. The average Bonchev–Trinajstić information content (AvgIpc) is 3.24. The number of primary amides is 1. The van der Waals surface area contributed by atoms with Gasteiger partial charge in [0, 0.05) is 24.1 Å². The summed E-state index contributed by atoms with van der Waals surface area (Å²) in [6, 6.07) is 16.4. The van der Waals surface area contributed by atoms with Crippen LogP contribution >= 0.6 is 0 Å². The van der Waals surface area contributed by atoms with Gasteiger partial charge in [0.25, 0.3) is 0 Å². The van der Waals surface area contributed by atoms with Crippen LogP contribution in [0.25, 0.3) is 22.3 Å². The molecule has 4 aromatic rings. The first-order valence-electron chi connectivity index (χ1n) is 10.9. The number of hydrogen-bond acceptors (Lipinski definition) is 8. The number of halogens is 1. The summed E-state index contributed by atoms with van der Waals surface area (Å²) in [5.74, 6) is -1.67. The fraction of sp³-hybridized carbons (Fsp3) is 0.115. The molecule has 0 aliphatic carbocycles. The van der Waals surface area contributed by atoms with Gasteiger partial charge in [-0.15, -0.1) is 0 Å². The molecular weight excluding hydrogens is 517 g/mol. The number of rotatable bonds is 7. The fourth-order valence-electron chi connectivity index (χ4n) is 3.69. The van der Waals surface area contributed by atoms with E-state index in [1.54, 1.807) is 24.3 Å². The van der Waals surface area contributed by atoms with Crippen molar-refractivity contribution >= 4 is 38.7 Å². The quantitative estimate of drug-likeness (QED) is 0.270. The monoisotopic (exact) mass is 537 g/mol. The van der Waals surface area contributed by atoms with E-state index in [-0.39, 0.29) is 45.9 Å². The van der Waals surface area contributed by atoms with E-state index in [9.17, 15) is 22.4 Å². The van der Waals surface area contributed by atoms with Gasteiger partial charge in [0.1, 0.15) is 35.1 Å². The van der Waals surface area contributed by atoms with Crippen LogP contribution in [0.4, 0.5) is 14.9 Å². The molecule has 0 saturated carbocycles. The zero-order valence-electron chi connectivity index (χ0n) is 20.1. The number of hydrogen-bond donors (Lipinski definition) is 1. The molecule has 1 amide bonds. The normalized spacial score (nSPS) is 11.1. The highest BCUT2D eigenvalue weighted by atomic mass is 32.2. The lowest BCUT2D eigenvalue weighted by atomic mass is 10.0. The van der Waals surface area contributed by atoms with E-state index in [1.807, 2.05) is 6.07 Å². The minimum atomic E-state index is -3.76. The Morgan fingerprint density at radius 3 is 2.47 bits per heavy atom. The molecule has 194 valence electrons. The molecular formula is C26H20FN3O7S. The Balaban J connectivity index is 1.92. The number of amides is 1. The number of furan rings is 1. The van der Waals surface area contributed by atoms with Crippen molar-refractivity contribution in [2.75, 3.05) is 17.6 Å². The Kier molecular flexibility index (Phi) is 7.05. The van der Waals surface area contributed by atoms with Crippen molar-refractivity contribution in [1.29, 1.82) is 5.26 Å². The smallest absolute Gasteiger partial charge is 0.412 e. The van der Waals surface area contributed by atoms with Gasteiger partial charge in [0.2, 0.25) is 10.0 Å². The number of carbonyl (C=O) groups is 2. The largest absolute Gasteiger partial charge is 0.487 e. The summed E-state index contributed by atoms with van der Waals surface area (Å²) >= 11 is 0. The van der Waals surface area contributed by atoms with E-state index < -0.39 is 27.9 Å². The second kappa shape index (κ2) is 10.2. The lowest BCUT2D eigenvalue weighted by Gasteiger charge is -2.20. The van der Waals surface area contributed by atoms with Gasteiger partial charge in [-0.05, 0) is 48.0 Å². The van der Waals surface area contributed by atoms with Crippen LogP contribution in [0, 0.1) is 17.1 Å². The van der Waals surface area contributed by atoms with Gasteiger partial charge in [-0.2, -0.15) is 5.26 Å². The van der Waals surface area contributed by atoms with E-state index in [0.717, 1.165) is 22.7 Å². The summed E-state index contributed by atoms with van der Waals surface area (Å²) in [7, 11) is -2.45. The van der Waals surface area contributed by atoms with Gasteiger partial charge in [-0.25, -0.2) is 22.4 Å². The number of benzene rings is 3. The molecule has 38 heavy (non-hydrogen) atoms. The van der Waals surface area contributed by atoms with Gasteiger partial charge in [0.05, 0.1) is 23.6 Å². The predicted octanol–water partition coefficient (Wildman–Crippen LogP) is 4.32. The van der Waals surface area contributed by atoms with Crippen molar-refractivity contribution in [2.45, 2.75) is 6.61 Å². The number of anilines is 1. The molecule has 0 unspecified atom stereocenters. The average molecular weight is 538 g/mol. The van der Waals surface area contributed by atoms with Gasteiger partial charge in [0.15, 0.2) is 0 Å². The maximum Gasteiger partial charge on any atom is 0.412 e. The Morgan fingerprint density at radius 1 is 1.13 bits per heavy atom. The Bertz CT molecular complexity index is 1710. The van der Waals surface area contributed by atoms with E-state index in [1.165, 1.54) is 31.3 Å². The molecule has 0 aliphatic heterocycles. The molecule has 0 spiro atoms. The van der Waals surface area contributed by atoms with E-state index in [0.29, 0.717) is 11.1 Å². The van der Waals surface area contributed by atoms with Crippen LogP contribution in [0.2, 0.25) is 0 Å². The second-order valence-electron chi connectivity index (χ2n) is 8.17. The zero-order valence-corrected chi connectivity index (χ0v) is 20.9. The fourth-order valence-corrected chi connectivity index (χ4v) is 4.19. The standard InChI is InChI=1S/C26H20FN3O7S/c1-30(38(2,33)34)20-12-21-19(11-22(20)35-14-16-5-3-4-15(10-16)13-28)23(25(31)37-26(29)32)24(36-21)17-6-8-18(27)9-7-17/h3-12H,14H2,1-2H3,(H2,29,32). The third-order valence-electron chi connectivity index (χ3n) is 5.56. The van der Waals surface area contributed by atoms with Crippen LogP contribution in [-0.2, 0) is 21.4 Å². The molecule has 0 radical (unpaired) electrons. The van der Waals surface area contributed by atoms with Crippen molar-refractivity contribution in [2.24, 2.45) is 5.73 Å². The van der Waals surface area contributed by atoms with Crippen molar-refractivity contribution < 1.29 is 36.3 Å². The molecule has 2 N–H and O–H groups in total. The first-order chi connectivity index (χ1) is 18.0. The summed E-state index contributed by atoms with van der Waals surface area (Å²) in [5, 5.41) is 9.28. The molecule has 4 rings (SSSR count). The molecule has 1 aromatic heterocycles. The second-order valence-corrected chi connectivity index (χ2v) is 10.2. The van der Waals surface area contributed by atoms with Crippen LogP contribution in [0.5, 0.6) is 5.75 Å². The first-order valence-corrected chi connectivity index (χ1v) is 12.8. The molecule has 10 nitrogen and oxygen atoms in total. The summed E-state index contributed by atoms with van der Waals surface area (Å²) < 4.78 is 55.7. The highest BCUT2D eigenvalue weighted by Gasteiger charge is 2.28. The molecule has 12 heteroatoms. The number of sulfonamides is 1. The Hall–Kier alpha value is -4.89. The van der Waals surface area contributed by atoms with Crippen LogP contribution < -0.4 is 14.8 Å². The zero-order chi connectivity index (χ0) is 27.6. The van der Waals surface area contributed by atoms with Crippen LogP contribution in [-0.4, -0.2) is 33.8 Å². The summed E-state index contributed by atoms with van der Waals surface area (Å²) in [6.07, 6.45) is -0.351. The molecule has 0 saturated heterocycles. The highest BCUT2D eigenvalue weighted by molar-refractivity contribution is 7.92. The minimum absolute atomic E-state index is 0.0463. The van der Waals surface area contributed by atoms with Crippen LogP contribution in [0.1, 0.15) is 21.5 Å². The topological polar surface area (TPSA) is 153 Å². The van der Waals surface area contributed by atoms with Crippen molar-refractivity contribution in [3.05, 3.63) is 83.2 Å². The maximum absolute atomic E-state index is 13.5. The van der Waals surface area contributed by atoms with Gasteiger partial charge in [-0.3, -0.25) is 4.31 Å². The van der Waals surface area contributed by atoms with Crippen molar-refractivity contribution in [3.63, 3.8) is 0 Å². The number of fused-ring (bicyclic) bond motifs is 1. The summed E-state index contributed by atoms with van der Waals surface area (Å²) in [4.78, 5) is 24.2. The third kappa shape index (κ3) is 5.42. The van der Waals surface area contributed by atoms with Gasteiger partial charge >= 0.3 is 12.1 Å². The molecule has 1 heterocycles. The third-order valence-corrected chi connectivity index (χ3v) is 6.75. The molecule has 0 aliphatic rings. The Morgan fingerprint density at radius 2 is 1.84 bits per heavy atom. The van der Waals surface area contributed by atoms with Crippen molar-refractivity contribution in [3.8, 4) is 23.1 Å². The first kappa shape index (κ1) is 26.2. The number of nitrogens with two attached hydrogens (primary N) is 1. The number of carbonyl (C=O) groups excluding carboxylic acids is 2. The summed E-state index contributed by atoms with van der Waals surface area (Å²) in [5.41, 5.74) is 6.32. The van der Waals surface area contributed by atoms with E-state index in [4.69, 9.17) is 20.1 Å². The van der Waals surface area contributed by atoms with Gasteiger partial charge in [-0.1, -0.05) is 12.1 Å². The highest BCUT2D eigenvalue weighted by Crippen LogP contribution is 2.41. The van der Waals surface area contributed by atoms with E-state index in [2.05, 4.69) is 4.74 Å². The summed E-state index contributed by atoms with van der Waals surface area (Å²) in [6.45, 7) is -0.0463. The van der Waals surface area contributed by atoms with Crippen LogP contribution in [0.3, 0.4) is 0 Å². The molecule has 3 aromatic carbocycles. The number of ether oxygens (including phenoxy) is 2. The number of esters is 1. The predicted molar refractivity (Wildman–Crippen MR) is 135 cm³/mol. The Labute approximate surface area is 216 Å². The van der Waals surface area contributed by atoms with Crippen LogP contribution in [0.15, 0.2) is 65.1 Å². The minimum Gasteiger partial charge on any atom is -0.487 e.